The van der Waals surface area contributed by atoms with Crippen LogP contribution in [0.1, 0.15) is 28.4 Å². The number of hydrogen-bond donors (Lipinski definition) is 1. The molecule has 0 bridgehead atoms. The number of esters is 1. The van der Waals surface area contributed by atoms with E-state index < -0.39 is 5.82 Å². The minimum atomic E-state index is -0.456. The van der Waals surface area contributed by atoms with E-state index in [4.69, 9.17) is 37.4 Å². The van der Waals surface area contributed by atoms with E-state index in [1.807, 2.05) is 0 Å². The van der Waals surface area contributed by atoms with Crippen LogP contribution in [0.15, 0.2) is 54.6 Å². The summed E-state index contributed by atoms with van der Waals surface area (Å²) >= 11 is 12.5. The van der Waals surface area contributed by atoms with Gasteiger partial charge in [0.1, 0.15) is 12.4 Å². The van der Waals surface area contributed by atoms with Gasteiger partial charge >= 0.3 is 5.97 Å². The second-order valence-electron chi connectivity index (χ2n) is 6.75. The van der Waals surface area contributed by atoms with E-state index in [1.165, 1.54) is 19.2 Å². The molecule has 8 heteroatoms. The number of carbonyl (C=O) groups excluding carboxylic acids is 1. The number of rotatable bonds is 9. The van der Waals surface area contributed by atoms with Crippen LogP contribution < -0.4 is 14.8 Å². The van der Waals surface area contributed by atoms with Gasteiger partial charge in [-0.2, -0.15) is 0 Å². The van der Waals surface area contributed by atoms with Gasteiger partial charge in [-0.05, 0) is 61.0 Å². The number of benzene rings is 3. The zero-order chi connectivity index (χ0) is 23.1. The summed E-state index contributed by atoms with van der Waals surface area (Å²) in [6.07, 6.45) is 0. The third-order valence-corrected chi connectivity index (χ3v) is 5.24. The van der Waals surface area contributed by atoms with Crippen molar-refractivity contribution in [3.63, 3.8) is 0 Å². The summed E-state index contributed by atoms with van der Waals surface area (Å²) in [5.41, 5.74) is 2.39. The van der Waals surface area contributed by atoms with E-state index in [0.29, 0.717) is 35.2 Å². The number of anilines is 1. The highest BCUT2D eigenvalue weighted by atomic mass is 35.5. The predicted octanol–water partition coefficient (Wildman–Crippen LogP) is 6.51. The molecule has 0 atom stereocenters. The molecular formula is C24H22Cl2FNO4. The largest absolute Gasteiger partial charge is 0.493 e. The molecule has 0 spiro atoms. The van der Waals surface area contributed by atoms with Crippen LogP contribution in [0.25, 0.3) is 0 Å². The standard InChI is InChI=1S/C24H22Cl2FNO4/c1-3-31-24(29)16-7-9-17(10-8-16)28-13-15-11-20(26)23(22(12-15)30-2)32-14-18-19(25)5-4-6-21(18)27/h4-12,28H,3,13-14H2,1-2H3. The van der Waals surface area contributed by atoms with Crippen LogP contribution in [0.3, 0.4) is 0 Å². The van der Waals surface area contributed by atoms with Gasteiger partial charge < -0.3 is 19.5 Å². The van der Waals surface area contributed by atoms with Crippen LogP contribution in [0.5, 0.6) is 11.5 Å². The van der Waals surface area contributed by atoms with E-state index >= 15 is 0 Å². The number of hydrogen-bond acceptors (Lipinski definition) is 5. The molecule has 0 saturated carbocycles. The van der Waals surface area contributed by atoms with Crippen LogP contribution in [-0.2, 0) is 17.9 Å². The Morgan fingerprint density at radius 1 is 1.06 bits per heavy atom. The molecule has 0 aliphatic carbocycles. The summed E-state index contributed by atoms with van der Waals surface area (Å²) in [5.74, 6) is -0.0966. The maximum atomic E-state index is 14.0. The number of halogens is 3. The van der Waals surface area contributed by atoms with E-state index in [9.17, 15) is 9.18 Å². The highest BCUT2D eigenvalue weighted by Gasteiger charge is 2.15. The summed E-state index contributed by atoms with van der Waals surface area (Å²) in [6.45, 7) is 2.45. The second kappa shape index (κ2) is 11.1. The lowest BCUT2D eigenvalue weighted by molar-refractivity contribution is 0.0526. The number of ether oxygens (including phenoxy) is 3. The first-order valence-electron chi connectivity index (χ1n) is 9.86. The lowest BCUT2D eigenvalue weighted by atomic mass is 10.1. The van der Waals surface area contributed by atoms with Crippen molar-refractivity contribution in [1.29, 1.82) is 0 Å². The van der Waals surface area contributed by atoms with Gasteiger partial charge in [-0.3, -0.25) is 0 Å². The monoisotopic (exact) mass is 477 g/mol. The van der Waals surface area contributed by atoms with Crippen LogP contribution >= 0.6 is 23.2 Å². The molecule has 0 aliphatic heterocycles. The highest BCUT2D eigenvalue weighted by Crippen LogP contribution is 2.37. The topological polar surface area (TPSA) is 56.8 Å². The lowest BCUT2D eigenvalue weighted by Gasteiger charge is -2.16. The Morgan fingerprint density at radius 2 is 1.81 bits per heavy atom. The molecule has 3 aromatic carbocycles. The van der Waals surface area contributed by atoms with Crippen molar-refractivity contribution in [3.05, 3.63) is 87.2 Å². The van der Waals surface area contributed by atoms with E-state index in [1.54, 1.807) is 49.4 Å². The molecule has 0 saturated heterocycles. The predicted molar refractivity (Wildman–Crippen MR) is 123 cm³/mol. The molecular weight excluding hydrogens is 456 g/mol. The lowest BCUT2D eigenvalue weighted by Crippen LogP contribution is -2.05. The number of nitrogens with one attached hydrogen (secondary N) is 1. The van der Waals surface area contributed by atoms with Crippen molar-refractivity contribution in [3.8, 4) is 11.5 Å². The van der Waals surface area contributed by atoms with Crippen molar-refractivity contribution >= 4 is 34.9 Å². The third kappa shape index (κ3) is 5.84. The van der Waals surface area contributed by atoms with Crippen LogP contribution in [0, 0.1) is 5.82 Å². The molecule has 1 N–H and O–H groups in total. The van der Waals surface area contributed by atoms with Gasteiger partial charge in [0.25, 0.3) is 0 Å². The fraction of sp³-hybridized carbons (Fsp3) is 0.208. The first kappa shape index (κ1) is 23.7. The molecule has 168 valence electrons. The van der Waals surface area contributed by atoms with Gasteiger partial charge in [-0.15, -0.1) is 0 Å². The van der Waals surface area contributed by atoms with Crippen LogP contribution in [0.4, 0.5) is 10.1 Å². The molecule has 0 aromatic heterocycles. The molecule has 0 radical (unpaired) electrons. The van der Waals surface area contributed by atoms with Crippen molar-refractivity contribution in [2.75, 3.05) is 19.0 Å². The molecule has 32 heavy (non-hydrogen) atoms. The smallest absolute Gasteiger partial charge is 0.338 e. The summed E-state index contributed by atoms with van der Waals surface area (Å²) in [5, 5.41) is 3.85. The van der Waals surface area contributed by atoms with Crippen LogP contribution in [-0.4, -0.2) is 19.7 Å². The Labute approximate surface area is 196 Å². The summed E-state index contributed by atoms with van der Waals surface area (Å²) < 4.78 is 30.1. The van der Waals surface area contributed by atoms with Gasteiger partial charge in [-0.25, -0.2) is 9.18 Å². The fourth-order valence-electron chi connectivity index (χ4n) is 2.97. The molecule has 3 rings (SSSR count). The van der Waals surface area contributed by atoms with Crippen molar-refractivity contribution in [2.45, 2.75) is 20.1 Å². The van der Waals surface area contributed by atoms with Gasteiger partial charge in [0.2, 0.25) is 0 Å². The molecule has 0 unspecified atom stereocenters. The fourth-order valence-corrected chi connectivity index (χ4v) is 3.48. The van der Waals surface area contributed by atoms with Gasteiger partial charge in [0, 0.05) is 17.8 Å². The zero-order valence-electron chi connectivity index (χ0n) is 17.6. The summed E-state index contributed by atoms with van der Waals surface area (Å²) in [4.78, 5) is 11.7. The first-order chi connectivity index (χ1) is 15.4. The van der Waals surface area contributed by atoms with Crippen molar-refractivity contribution < 1.29 is 23.4 Å². The Kier molecular flexibility index (Phi) is 8.20. The average molecular weight is 478 g/mol. The summed E-state index contributed by atoms with van der Waals surface area (Å²) in [7, 11) is 1.50. The SMILES string of the molecule is CCOC(=O)c1ccc(NCc2cc(Cl)c(OCc3c(F)cccc3Cl)c(OC)c2)cc1. The Morgan fingerprint density at radius 3 is 2.47 bits per heavy atom. The second-order valence-corrected chi connectivity index (χ2v) is 7.56. The third-order valence-electron chi connectivity index (χ3n) is 4.60. The Bertz CT molecular complexity index is 1070. The zero-order valence-corrected chi connectivity index (χ0v) is 19.1. The molecule has 0 fully saturated rings. The van der Waals surface area contributed by atoms with Gasteiger partial charge in [0.15, 0.2) is 11.5 Å². The highest BCUT2D eigenvalue weighted by molar-refractivity contribution is 6.32. The first-order valence-corrected chi connectivity index (χ1v) is 10.6. The Balaban J connectivity index is 1.69. The number of carbonyl (C=O) groups is 1. The molecule has 3 aromatic rings. The average Bonchev–Trinajstić information content (AvgIpc) is 2.78. The maximum Gasteiger partial charge on any atom is 0.338 e. The van der Waals surface area contributed by atoms with Crippen LogP contribution in [0.2, 0.25) is 10.0 Å². The molecule has 0 aliphatic rings. The minimum Gasteiger partial charge on any atom is -0.493 e. The minimum absolute atomic E-state index is 0.0913. The normalized spacial score (nSPS) is 10.5. The molecule has 0 amide bonds. The number of methoxy groups -OCH3 is 1. The molecule has 5 nitrogen and oxygen atoms in total. The maximum absolute atomic E-state index is 14.0. The van der Waals surface area contributed by atoms with E-state index in [-0.39, 0.29) is 23.2 Å². The quantitative estimate of drug-likeness (QED) is 0.356. The van der Waals surface area contributed by atoms with Gasteiger partial charge in [0.05, 0.1) is 29.3 Å². The van der Waals surface area contributed by atoms with Crippen molar-refractivity contribution in [1.82, 2.24) is 0 Å². The molecule has 0 heterocycles. The van der Waals surface area contributed by atoms with Crippen molar-refractivity contribution in [2.24, 2.45) is 0 Å². The Hall–Kier alpha value is -2.96. The van der Waals surface area contributed by atoms with Gasteiger partial charge in [-0.1, -0.05) is 29.3 Å². The summed E-state index contributed by atoms with van der Waals surface area (Å²) in [6, 6.07) is 14.9. The van der Waals surface area contributed by atoms with E-state index in [0.717, 1.165) is 11.3 Å². The van der Waals surface area contributed by atoms with E-state index in [2.05, 4.69) is 5.32 Å².